The number of aliphatic imine (C=N–C) groups is 2. The van der Waals surface area contributed by atoms with Gasteiger partial charge < -0.3 is 47.9 Å². The molecule has 5 aliphatic heterocycles. The number of anilines is 3. The van der Waals surface area contributed by atoms with Crippen LogP contribution in [0.3, 0.4) is 0 Å². The minimum Gasteiger partial charge on any atom is -0.364 e. The van der Waals surface area contributed by atoms with Crippen molar-refractivity contribution in [2.75, 3.05) is 35.6 Å². The Hall–Kier alpha value is -14.4. The number of nitrogens with two attached hydrogens (primary N) is 3. The first-order valence-corrected chi connectivity index (χ1v) is 39.7. The van der Waals surface area contributed by atoms with Gasteiger partial charge in [-0.2, -0.15) is 15.3 Å². The lowest BCUT2D eigenvalue weighted by Crippen LogP contribution is -2.44. The normalized spacial score (nSPS) is 17.8. The molecule has 12 aromatic rings. The van der Waals surface area contributed by atoms with Crippen LogP contribution in [0.1, 0.15) is 86.8 Å². The number of alkyl halides is 3. The van der Waals surface area contributed by atoms with E-state index >= 15 is 13.2 Å². The molecule has 9 N–H and O–H groups in total. The highest BCUT2D eigenvalue weighted by atomic mass is 35.5. The van der Waals surface area contributed by atoms with Crippen molar-refractivity contribution in [3.63, 3.8) is 0 Å². The fourth-order valence-electron chi connectivity index (χ4n) is 16.6. The quantitative estimate of drug-likeness (QED) is 0.0437. The lowest BCUT2D eigenvalue weighted by atomic mass is 9.99. The molecule has 624 valence electrons. The molecule has 0 radical (unpaired) electrons. The van der Waals surface area contributed by atoms with Gasteiger partial charge in [-0.15, -0.1) is 0 Å². The van der Waals surface area contributed by atoms with Crippen LogP contribution in [0, 0.1) is 17.5 Å². The predicted octanol–water partition coefficient (Wildman–Crippen LogP) is 13.1. The Morgan fingerprint density at radius 1 is 0.431 bits per heavy atom. The summed E-state index contributed by atoms with van der Waals surface area (Å²) in [5.41, 5.74) is 27.5. The molecule has 0 unspecified atom stereocenters. The van der Waals surface area contributed by atoms with Crippen molar-refractivity contribution in [3.8, 4) is 33.4 Å². The van der Waals surface area contributed by atoms with E-state index in [1.54, 1.807) is 115 Å². The summed E-state index contributed by atoms with van der Waals surface area (Å²) in [5.74, 6) is -8.08. The molecule has 6 atom stereocenters. The number of benzene rings is 9. The first-order valence-electron chi connectivity index (χ1n) is 39.3. The maximum atomic E-state index is 15.7. The number of fused-ring (bicyclic) bond motifs is 6. The third-order valence-electron chi connectivity index (χ3n) is 22.4. The number of likely N-dealkylation sites (tertiary alicyclic amines) is 3. The van der Waals surface area contributed by atoms with E-state index in [0.717, 1.165) is 66.9 Å². The van der Waals surface area contributed by atoms with Gasteiger partial charge in [-0.1, -0.05) is 151 Å². The number of hydrogen-bond donors (Lipinski definition) is 6. The predicted molar refractivity (Wildman–Crippen MR) is 452 cm³/mol. The van der Waals surface area contributed by atoms with Gasteiger partial charge in [0.1, 0.15) is 56.3 Å². The number of halogens is 7. The summed E-state index contributed by atoms with van der Waals surface area (Å²) in [4.78, 5) is 128. The number of primary amides is 3. The molecule has 9 amide bonds. The summed E-state index contributed by atoms with van der Waals surface area (Å²) >= 11 is 6.60. The third-order valence-corrected chi connectivity index (χ3v) is 22.8. The Balaban J connectivity index is 0.000000137. The van der Waals surface area contributed by atoms with Gasteiger partial charge in [-0.3, -0.25) is 67.2 Å². The van der Waals surface area contributed by atoms with Crippen molar-refractivity contribution in [2.45, 2.75) is 109 Å². The van der Waals surface area contributed by atoms with E-state index in [2.05, 4.69) is 41.2 Å². The summed E-state index contributed by atoms with van der Waals surface area (Å²) in [6.07, 6.45) is 1.28. The second-order valence-electron chi connectivity index (χ2n) is 30.7. The molecule has 0 saturated carbocycles. The van der Waals surface area contributed by atoms with Crippen LogP contribution in [0.4, 0.5) is 54.8 Å². The van der Waals surface area contributed by atoms with Crippen molar-refractivity contribution in [3.05, 3.63) is 244 Å². The molecule has 26 nitrogen and oxygen atoms in total. The Morgan fingerprint density at radius 3 is 1.24 bits per heavy atom. The topological polar surface area (TPSA) is 356 Å². The molecule has 3 fully saturated rings. The molecule has 3 aromatic heterocycles. The first kappa shape index (κ1) is 82.3. The number of allylic oxidation sites excluding steroid dienone is 1. The van der Waals surface area contributed by atoms with E-state index in [1.165, 1.54) is 32.2 Å². The molecule has 6 aliphatic rings. The van der Waals surface area contributed by atoms with Crippen LogP contribution in [0.2, 0.25) is 5.02 Å². The van der Waals surface area contributed by atoms with E-state index in [1.807, 2.05) is 68.5 Å². The van der Waals surface area contributed by atoms with Crippen LogP contribution >= 0.6 is 11.6 Å². The van der Waals surface area contributed by atoms with Crippen molar-refractivity contribution in [2.24, 2.45) is 27.2 Å². The minimum atomic E-state index is -1.45. The van der Waals surface area contributed by atoms with Gasteiger partial charge in [-0.05, 0) is 102 Å². The van der Waals surface area contributed by atoms with Gasteiger partial charge in [0.15, 0.2) is 34.5 Å². The van der Waals surface area contributed by atoms with E-state index in [0.29, 0.717) is 72.1 Å². The molecule has 9 aromatic carbocycles. The lowest BCUT2D eigenvalue weighted by molar-refractivity contribution is -0.137. The van der Waals surface area contributed by atoms with Gasteiger partial charge in [0, 0.05) is 81.9 Å². The highest BCUT2D eigenvalue weighted by Gasteiger charge is 2.44. The Kier molecular flexibility index (Phi) is 22.7. The minimum absolute atomic E-state index is 0.00162. The smallest absolute Gasteiger partial charge is 0.269 e. The van der Waals surface area contributed by atoms with Crippen LogP contribution in [0.25, 0.3) is 72.2 Å². The summed E-state index contributed by atoms with van der Waals surface area (Å²) in [5, 5.41) is 21.9. The number of amides is 9. The zero-order valence-corrected chi connectivity index (χ0v) is 66.6. The number of carbonyl (C=O) groups is 9. The lowest BCUT2D eigenvalue weighted by Gasteiger charge is -2.24. The standard InChI is InChI=1S/C30H25ClF2N6O3.C30H26F2N6O3.C30H25F2N5O3/c1-15-11-16-9-10-18(25(31)27(16)35-15)19-6-4-7-21(26(19)33)36-30(42)23-12-17(32)13-38(23)24(40)14-39-22-8-3-2-5-20(22)28(37-39)29(34)41;1-16-11-18-10-9-17(12-23(18)34-16)20-6-4-7-22(27(20)32)35-30(41)25-13-19(31)14-37(25)26(39)15-38-24-8-3-2-5-21(24)28(36-38)29(33)40;31-20-14-25(36(15-20)26(38)16-37-24-10-2-1-7-22(24)28(35-37)29(33)39)30(40)34-23-9-4-8-21(27(23)32)19-12-11-17-5-3-6-18(17)13-19/h2-10,17,23H,11-14H2,1H3,(H2,34,41)(H,36,42);2-10,12,19,25H,11,13-15H2,1H3,(H2,33,40)(H,35,41);1-4,6-13,20,25H,5,14-16H2,(H2,33,39)(H,34,40)/t17-,23+;19-,25+;20-,25+/m111/s1. The van der Waals surface area contributed by atoms with Crippen molar-refractivity contribution in [1.29, 1.82) is 0 Å². The van der Waals surface area contributed by atoms with Crippen LogP contribution in [-0.4, -0.2) is 165 Å². The zero-order chi connectivity index (χ0) is 86.5. The van der Waals surface area contributed by atoms with Crippen molar-refractivity contribution < 1.29 is 69.5 Å². The average molecular weight is 1690 g/mol. The fraction of sp³-hybridized carbons (Fsp3) is 0.222. The van der Waals surface area contributed by atoms with E-state index < -0.39 is 107 Å². The van der Waals surface area contributed by atoms with Gasteiger partial charge in [0.2, 0.25) is 35.4 Å². The molecule has 33 heteroatoms. The maximum absolute atomic E-state index is 15.7. The number of para-hydroxylation sites is 3. The zero-order valence-electron chi connectivity index (χ0n) is 65.8. The van der Waals surface area contributed by atoms with Crippen LogP contribution in [0.5, 0.6) is 0 Å². The fourth-order valence-corrected chi connectivity index (χ4v) is 16.9. The molecule has 1 aliphatic carbocycles. The Morgan fingerprint density at radius 2 is 0.805 bits per heavy atom. The summed E-state index contributed by atoms with van der Waals surface area (Å²) < 4.78 is 94.5. The first-order chi connectivity index (χ1) is 59.1. The van der Waals surface area contributed by atoms with E-state index in [9.17, 15) is 56.3 Å². The number of hydrogen-bond acceptors (Lipinski definition) is 14. The Labute approximate surface area is 702 Å². The SMILES string of the molecule is CC1=Nc2c(ccc(-c3cccc(NC(=O)[C@@H]4C[C@@H](F)CN4C(=O)Cn4nc(C(N)=O)c5ccccc54)c3F)c2Cl)C1.CC1=Nc2cc(-c3cccc(NC(=O)[C@@H]4C[C@@H](F)CN4C(=O)Cn4nc(C(N)=O)c5ccccc54)c3F)ccc2C1.NC(=O)c1nn(CC(=O)N2C[C@H](F)C[C@H]2C(=O)Nc2cccc(-c3ccc4c(c3)C=CC4)c2F)c2ccccc12. The molecule has 0 bridgehead atoms. The van der Waals surface area contributed by atoms with E-state index in [-0.39, 0.29) is 104 Å². The van der Waals surface area contributed by atoms with Gasteiger partial charge >= 0.3 is 0 Å². The molecule has 123 heavy (non-hydrogen) atoms. The van der Waals surface area contributed by atoms with Crippen molar-refractivity contribution in [1.82, 2.24) is 44.0 Å². The van der Waals surface area contributed by atoms with Crippen LogP contribution in [-0.2, 0) is 67.7 Å². The number of nitrogens with zero attached hydrogens (tertiary/aromatic N) is 11. The molecular weight excluding hydrogens is 1610 g/mol. The number of nitrogens with one attached hydrogen (secondary N) is 3. The summed E-state index contributed by atoms with van der Waals surface area (Å²) in [6.45, 7) is 1.90. The van der Waals surface area contributed by atoms with Crippen molar-refractivity contribution >= 4 is 143 Å². The monoisotopic (exact) mass is 1690 g/mol. The molecule has 8 heterocycles. The second kappa shape index (κ2) is 34.0. The number of rotatable bonds is 18. The van der Waals surface area contributed by atoms with Gasteiger partial charge in [-0.25, -0.2) is 26.3 Å². The van der Waals surface area contributed by atoms with Crippen LogP contribution < -0.4 is 33.2 Å². The third kappa shape index (κ3) is 16.5. The molecule has 0 spiro atoms. The highest BCUT2D eigenvalue weighted by Crippen LogP contribution is 2.44. The van der Waals surface area contributed by atoms with Gasteiger partial charge in [0.05, 0.1) is 69.6 Å². The summed E-state index contributed by atoms with van der Waals surface area (Å²) in [7, 11) is 0. The largest absolute Gasteiger partial charge is 0.364 e. The average Bonchev–Trinajstić information content (AvgIpc) is 1.75. The molecule has 18 rings (SSSR count). The van der Waals surface area contributed by atoms with Crippen LogP contribution in [0.15, 0.2) is 192 Å². The maximum Gasteiger partial charge on any atom is 0.269 e. The van der Waals surface area contributed by atoms with Gasteiger partial charge in [0.25, 0.3) is 17.7 Å². The van der Waals surface area contributed by atoms with E-state index in [4.69, 9.17) is 28.8 Å². The highest BCUT2D eigenvalue weighted by molar-refractivity contribution is 6.36. The number of carbonyl (C=O) groups excluding carboxylic acids is 9. The molecule has 3 saturated heterocycles. The number of aromatic nitrogens is 6. The Bertz CT molecular complexity index is 6520. The summed E-state index contributed by atoms with van der Waals surface area (Å²) in [6, 6.07) is 45.4. The molecular formula is C90H76ClF6N17O9. The second-order valence-corrected chi connectivity index (χ2v) is 31.0.